The predicted octanol–water partition coefficient (Wildman–Crippen LogP) is 2.05. The molecular weight excluding hydrogens is 314 g/mol. The van der Waals surface area contributed by atoms with E-state index in [1.165, 1.54) is 12.1 Å². The maximum atomic E-state index is 12.2. The molecule has 24 heavy (non-hydrogen) atoms. The van der Waals surface area contributed by atoms with Gasteiger partial charge >= 0.3 is 5.97 Å². The number of nitrogens with one attached hydrogen (secondary N) is 1. The summed E-state index contributed by atoms with van der Waals surface area (Å²) >= 11 is 0. The fraction of sp³-hybridized carbons (Fsp3) is 0.500. The van der Waals surface area contributed by atoms with Crippen LogP contribution in [0.1, 0.15) is 30.1 Å². The molecule has 2 rings (SSSR count). The third kappa shape index (κ3) is 4.21. The lowest BCUT2D eigenvalue weighted by atomic mass is 10.0. The molecule has 1 aromatic rings. The molecule has 1 aliphatic heterocycles. The van der Waals surface area contributed by atoms with Crippen molar-refractivity contribution in [2.24, 2.45) is 5.92 Å². The number of nitro benzene ring substituents is 1. The van der Waals surface area contributed by atoms with Gasteiger partial charge in [0, 0.05) is 38.0 Å². The molecule has 1 saturated heterocycles. The third-order valence-corrected chi connectivity index (χ3v) is 4.04. The minimum Gasteiger partial charge on any atom is -0.452 e. The number of benzene rings is 1. The molecule has 0 spiro atoms. The highest BCUT2D eigenvalue weighted by molar-refractivity contribution is 5.97. The summed E-state index contributed by atoms with van der Waals surface area (Å²) < 4.78 is 5.06. The molecule has 8 nitrogen and oxygen atoms in total. The number of ether oxygens (including phenoxy) is 1. The van der Waals surface area contributed by atoms with E-state index in [2.05, 4.69) is 12.2 Å². The van der Waals surface area contributed by atoms with Crippen LogP contribution in [0.15, 0.2) is 18.2 Å². The molecule has 1 aliphatic rings. The second-order valence-corrected chi connectivity index (χ2v) is 5.90. The van der Waals surface area contributed by atoms with Gasteiger partial charge in [-0.25, -0.2) is 4.79 Å². The predicted molar refractivity (Wildman–Crippen MR) is 87.9 cm³/mol. The van der Waals surface area contributed by atoms with E-state index in [0.29, 0.717) is 24.7 Å². The van der Waals surface area contributed by atoms with Crippen LogP contribution in [0.2, 0.25) is 0 Å². The molecule has 1 heterocycles. The highest BCUT2D eigenvalue weighted by atomic mass is 16.6. The smallest absolute Gasteiger partial charge is 0.341 e. The van der Waals surface area contributed by atoms with E-state index in [9.17, 15) is 19.7 Å². The zero-order valence-electron chi connectivity index (χ0n) is 13.8. The van der Waals surface area contributed by atoms with Gasteiger partial charge in [-0.2, -0.15) is 0 Å². The van der Waals surface area contributed by atoms with Crippen molar-refractivity contribution in [2.75, 3.05) is 32.1 Å². The van der Waals surface area contributed by atoms with Crippen LogP contribution in [0.5, 0.6) is 0 Å². The number of rotatable bonds is 5. The molecule has 0 aromatic heterocycles. The summed E-state index contributed by atoms with van der Waals surface area (Å²) in [5, 5.41) is 13.6. The second-order valence-electron chi connectivity index (χ2n) is 5.90. The maximum absolute atomic E-state index is 12.2. The van der Waals surface area contributed by atoms with E-state index >= 15 is 0 Å². The molecule has 1 amide bonds. The number of carbonyl (C=O) groups excluding carboxylic acids is 2. The van der Waals surface area contributed by atoms with Gasteiger partial charge in [-0.15, -0.1) is 0 Å². The number of nitro groups is 1. The molecule has 0 radical (unpaired) electrons. The standard InChI is InChI=1S/C16H21N3O5/c1-11-4-3-7-18(9-11)15(20)10-24-16(21)13-8-12(19(22)23)5-6-14(13)17-2/h5-6,8,11,17H,3-4,7,9-10H2,1-2H3/t11-/m0/s1. The van der Waals surface area contributed by atoms with Gasteiger partial charge in [-0.05, 0) is 24.8 Å². The normalized spacial score (nSPS) is 17.2. The van der Waals surface area contributed by atoms with E-state index in [1.807, 2.05) is 0 Å². The summed E-state index contributed by atoms with van der Waals surface area (Å²) in [7, 11) is 1.60. The van der Waals surface area contributed by atoms with Crippen LogP contribution >= 0.6 is 0 Å². The molecule has 1 fully saturated rings. The van der Waals surface area contributed by atoms with Crippen molar-refractivity contribution >= 4 is 23.3 Å². The van der Waals surface area contributed by atoms with Crippen LogP contribution in [0.25, 0.3) is 0 Å². The van der Waals surface area contributed by atoms with Crippen molar-refractivity contribution in [3.05, 3.63) is 33.9 Å². The van der Waals surface area contributed by atoms with Gasteiger partial charge in [0.05, 0.1) is 10.5 Å². The first-order valence-electron chi connectivity index (χ1n) is 7.83. The van der Waals surface area contributed by atoms with Crippen LogP contribution in [0, 0.1) is 16.0 Å². The fourth-order valence-corrected chi connectivity index (χ4v) is 2.74. The number of non-ortho nitro benzene ring substituents is 1. The maximum Gasteiger partial charge on any atom is 0.341 e. The number of esters is 1. The van der Waals surface area contributed by atoms with Gasteiger partial charge in [0.15, 0.2) is 6.61 Å². The zero-order valence-corrected chi connectivity index (χ0v) is 13.8. The number of likely N-dealkylation sites (tertiary alicyclic amines) is 1. The van der Waals surface area contributed by atoms with E-state index < -0.39 is 10.9 Å². The lowest BCUT2D eigenvalue weighted by Crippen LogP contribution is -2.41. The Bertz CT molecular complexity index is 647. The fourth-order valence-electron chi connectivity index (χ4n) is 2.74. The lowest BCUT2D eigenvalue weighted by molar-refractivity contribution is -0.384. The lowest BCUT2D eigenvalue weighted by Gasteiger charge is -2.30. The number of hydrogen-bond acceptors (Lipinski definition) is 6. The molecule has 1 N–H and O–H groups in total. The van der Waals surface area contributed by atoms with Gasteiger partial charge in [0.1, 0.15) is 0 Å². The average Bonchev–Trinajstić information content (AvgIpc) is 2.58. The van der Waals surface area contributed by atoms with Gasteiger partial charge in [-0.1, -0.05) is 6.92 Å². The summed E-state index contributed by atoms with van der Waals surface area (Å²) in [6.07, 6.45) is 2.03. The van der Waals surface area contributed by atoms with Crippen molar-refractivity contribution in [1.29, 1.82) is 0 Å². The number of amides is 1. The summed E-state index contributed by atoms with van der Waals surface area (Å²) in [6.45, 7) is 3.04. The molecule has 0 unspecified atom stereocenters. The molecule has 0 aliphatic carbocycles. The van der Waals surface area contributed by atoms with Gasteiger partial charge in [0.25, 0.3) is 11.6 Å². The van der Waals surface area contributed by atoms with Crippen molar-refractivity contribution in [3.63, 3.8) is 0 Å². The first-order valence-corrected chi connectivity index (χ1v) is 7.83. The summed E-state index contributed by atoms with van der Waals surface area (Å²) in [4.78, 5) is 36.3. The summed E-state index contributed by atoms with van der Waals surface area (Å²) in [5.41, 5.74) is 0.230. The molecule has 130 valence electrons. The molecular formula is C16H21N3O5. The number of hydrogen-bond donors (Lipinski definition) is 1. The van der Waals surface area contributed by atoms with Crippen molar-refractivity contribution in [1.82, 2.24) is 4.90 Å². The van der Waals surface area contributed by atoms with Crippen molar-refractivity contribution in [3.8, 4) is 0 Å². The minimum atomic E-state index is -0.763. The topological polar surface area (TPSA) is 102 Å². The van der Waals surface area contributed by atoms with E-state index in [4.69, 9.17) is 4.74 Å². The Balaban J connectivity index is 2.02. The van der Waals surface area contributed by atoms with Gasteiger partial charge < -0.3 is 15.0 Å². The Hall–Kier alpha value is -2.64. The van der Waals surface area contributed by atoms with Crippen LogP contribution in [0.3, 0.4) is 0 Å². The van der Waals surface area contributed by atoms with E-state index in [1.54, 1.807) is 11.9 Å². The largest absolute Gasteiger partial charge is 0.452 e. The van der Waals surface area contributed by atoms with Crippen molar-refractivity contribution in [2.45, 2.75) is 19.8 Å². The van der Waals surface area contributed by atoms with Gasteiger partial charge in [0.2, 0.25) is 0 Å². The van der Waals surface area contributed by atoms with Gasteiger partial charge in [-0.3, -0.25) is 14.9 Å². The van der Waals surface area contributed by atoms with Crippen LogP contribution in [0.4, 0.5) is 11.4 Å². The first kappa shape index (κ1) is 17.7. The third-order valence-electron chi connectivity index (χ3n) is 4.04. The van der Waals surface area contributed by atoms with Crippen LogP contribution in [-0.2, 0) is 9.53 Å². The zero-order chi connectivity index (χ0) is 17.7. The highest BCUT2D eigenvalue weighted by Crippen LogP contribution is 2.23. The molecule has 1 atom stereocenters. The van der Waals surface area contributed by atoms with Crippen LogP contribution < -0.4 is 5.32 Å². The summed E-state index contributed by atoms with van der Waals surface area (Å²) in [5.74, 6) is -0.570. The molecule has 8 heteroatoms. The van der Waals surface area contributed by atoms with Crippen molar-refractivity contribution < 1.29 is 19.2 Å². The number of carbonyl (C=O) groups is 2. The number of anilines is 1. The second kappa shape index (κ2) is 7.76. The monoisotopic (exact) mass is 335 g/mol. The number of nitrogens with zero attached hydrogens (tertiary/aromatic N) is 2. The van der Waals surface area contributed by atoms with Crippen LogP contribution in [-0.4, -0.2) is 48.4 Å². The quantitative estimate of drug-likeness (QED) is 0.502. The number of piperidine rings is 1. The SMILES string of the molecule is CNc1ccc([N+](=O)[O-])cc1C(=O)OCC(=O)N1CCC[C@H](C)C1. The Labute approximate surface area is 139 Å². The Morgan fingerprint density at radius 2 is 2.21 bits per heavy atom. The van der Waals surface area contributed by atoms with E-state index in [-0.39, 0.29) is 23.8 Å². The summed E-state index contributed by atoms with van der Waals surface area (Å²) in [6, 6.07) is 3.87. The molecule has 1 aromatic carbocycles. The first-order chi connectivity index (χ1) is 11.4. The molecule has 0 bridgehead atoms. The van der Waals surface area contributed by atoms with E-state index in [0.717, 1.165) is 18.9 Å². The Kier molecular flexibility index (Phi) is 5.73. The minimum absolute atomic E-state index is 0.0338. The molecule has 0 saturated carbocycles. The Morgan fingerprint density at radius 3 is 2.83 bits per heavy atom. The Morgan fingerprint density at radius 1 is 1.46 bits per heavy atom. The average molecular weight is 335 g/mol. The highest BCUT2D eigenvalue weighted by Gasteiger charge is 2.23.